The first-order valence-corrected chi connectivity index (χ1v) is 8.52. The van der Waals surface area contributed by atoms with Crippen LogP contribution < -0.4 is 0 Å². The zero-order valence-electron chi connectivity index (χ0n) is 14.6. The van der Waals surface area contributed by atoms with Crippen LogP contribution in [0.4, 0.5) is 0 Å². The van der Waals surface area contributed by atoms with Crippen LogP contribution in [0.25, 0.3) is 0 Å². The number of carbonyl (C=O) groups is 1. The number of carbonyl (C=O) groups excluding carboxylic acids is 1. The average Bonchev–Trinajstić information content (AvgIpc) is 3.11. The van der Waals surface area contributed by atoms with Gasteiger partial charge in [-0.2, -0.15) is 4.98 Å². The standard InChI is InChI=1S/C18H23N3O4/c1-3-4-13-5-7-14(8-6-13)18(22)21-9-10-24-11-15(21)17-19-16(12-23-2)25-20-17/h5-8,15H,3-4,9-12H2,1-2H3/t15-/m1/s1. The van der Waals surface area contributed by atoms with Gasteiger partial charge in [-0.25, -0.2) is 0 Å². The van der Waals surface area contributed by atoms with E-state index in [2.05, 4.69) is 17.1 Å². The number of aromatic nitrogens is 2. The van der Waals surface area contributed by atoms with Crippen LogP contribution >= 0.6 is 0 Å². The van der Waals surface area contributed by atoms with Crippen molar-refractivity contribution >= 4 is 5.91 Å². The third-order valence-electron chi connectivity index (χ3n) is 4.18. The zero-order valence-corrected chi connectivity index (χ0v) is 14.6. The van der Waals surface area contributed by atoms with Gasteiger partial charge in [-0.15, -0.1) is 0 Å². The number of hydrogen-bond donors (Lipinski definition) is 0. The Bertz CT molecular complexity index is 699. The van der Waals surface area contributed by atoms with Gasteiger partial charge in [0.15, 0.2) is 5.82 Å². The van der Waals surface area contributed by atoms with Gasteiger partial charge in [0.1, 0.15) is 12.6 Å². The van der Waals surface area contributed by atoms with Crippen LogP contribution in [0.3, 0.4) is 0 Å². The maximum Gasteiger partial charge on any atom is 0.254 e. The number of nitrogens with zero attached hydrogens (tertiary/aromatic N) is 3. The highest BCUT2D eigenvalue weighted by atomic mass is 16.5. The van der Waals surface area contributed by atoms with E-state index in [1.165, 1.54) is 5.56 Å². The molecule has 0 bridgehead atoms. The van der Waals surface area contributed by atoms with Crippen molar-refractivity contribution in [2.24, 2.45) is 0 Å². The molecular formula is C18H23N3O4. The van der Waals surface area contributed by atoms with Crippen LogP contribution in [-0.2, 0) is 22.5 Å². The first-order valence-electron chi connectivity index (χ1n) is 8.52. The van der Waals surface area contributed by atoms with E-state index < -0.39 is 0 Å². The number of rotatable bonds is 6. The molecule has 1 amide bonds. The molecule has 1 saturated heterocycles. The van der Waals surface area contributed by atoms with E-state index in [0.29, 0.717) is 37.0 Å². The molecule has 0 N–H and O–H groups in total. The van der Waals surface area contributed by atoms with Gasteiger partial charge in [0, 0.05) is 19.2 Å². The number of benzene rings is 1. The highest BCUT2D eigenvalue weighted by Gasteiger charge is 2.32. The maximum absolute atomic E-state index is 12.9. The molecule has 1 aliphatic rings. The molecule has 134 valence electrons. The molecule has 1 fully saturated rings. The van der Waals surface area contributed by atoms with Crippen molar-refractivity contribution in [3.8, 4) is 0 Å². The van der Waals surface area contributed by atoms with Crippen molar-refractivity contribution in [2.75, 3.05) is 26.9 Å². The second-order valence-electron chi connectivity index (χ2n) is 6.02. The van der Waals surface area contributed by atoms with Crippen molar-refractivity contribution in [3.05, 3.63) is 47.1 Å². The smallest absolute Gasteiger partial charge is 0.254 e. The van der Waals surface area contributed by atoms with Gasteiger partial charge in [-0.3, -0.25) is 4.79 Å². The second-order valence-corrected chi connectivity index (χ2v) is 6.02. The van der Waals surface area contributed by atoms with Crippen LogP contribution in [0.1, 0.15) is 47.0 Å². The molecule has 1 atom stereocenters. The first kappa shape index (κ1) is 17.6. The third-order valence-corrected chi connectivity index (χ3v) is 4.18. The summed E-state index contributed by atoms with van der Waals surface area (Å²) in [6.07, 6.45) is 2.10. The predicted molar refractivity (Wildman–Crippen MR) is 90.0 cm³/mol. The third kappa shape index (κ3) is 4.05. The Morgan fingerprint density at radius 1 is 1.36 bits per heavy atom. The molecule has 1 aromatic carbocycles. The molecule has 0 saturated carbocycles. The van der Waals surface area contributed by atoms with E-state index in [4.69, 9.17) is 14.0 Å². The molecule has 0 radical (unpaired) electrons. The van der Waals surface area contributed by atoms with Gasteiger partial charge in [-0.1, -0.05) is 30.6 Å². The minimum atomic E-state index is -0.356. The van der Waals surface area contributed by atoms with Crippen LogP contribution in [-0.4, -0.2) is 47.8 Å². The van der Waals surface area contributed by atoms with Gasteiger partial charge in [0.2, 0.25) is 0 Å². The lowest BCUT2D eigenvalue weighted by atomic mass is 10.1. The van der Waals surface area contributed by atoms with E-state index in [9.17, 15) is 4.79 Å². The topological polar surface area (TPSA) is 77.7 Å². The highest BCUT2D eigenvalue weighted by Crippen LogP contribution is 2.24. The molecule has 3 rings (SSSR count). The van der Waals surface area contributed by atoms with E-state index in [1.807, 2.05) is 24.3 Å². The summed E-state index contributed by atoms with van der Waals surface area (Å²) in [6, 6.07) is 7.43. The number of morpholine rings is 1. The Morgan fingerprint density at radius 3 is 2.88 bits per heavy atom. The summed E-state index contributed by atoms with van der Waals surface area (Å²) in [7, 11) is 1.56. The molecule has 1 aliphatic heterocycles. The molecule has 2 heterocycles. The maximum atomic E-state index is 12.9. The van der Waals surface area contributed by atoms with E-state index >= 15 is 0 Å². The second kappa shape index (κ2) is 8.22. The summed E-state index contributed by atoms with van der Waals surface area (Å²) in [5, 5.41) is 3.98. The minimum Gasteiger partial charge on any atom is -0.377 e. The summed E-state index contributed by atoms with van der Waals surface area (Å²) in [6.45, 7) is 3.73. The molecule has 0 unspecified atom stereocenters. The van der Waals surface area contributed by atoms with Crippen LogP contribution in [0.15, 0.2) is 28.8 Å². The van der Waals surface area contributed by atoms with Gasteiger partial charge in [-0.05, 0) is 24.1 Å². The number of aryl methyl sites for hydroxylation is 1. The Kier molecular flexibility index (Phi) is 5.78. The van der Waals surface area contributed by atoms with Crippen molar-refractivity contribution in [3.63, 3.8) is 0 Å². The Balaban J connectivity index is 1.78. The normalized spacial score (nSPS) is 17.7. The average molecular weight is 345 g/mol. The van der Waals surface area contributed by atoms with Crippen molar-refractivity contribution in [1.29, 1.82) is 0 Å². The minimum absolute atomic E-state index is 0.0468. The van der Waals surface area contributed by atoms with Gasteiger partial charge < -0.3 is 18.9 Å². The SMILES string of the molecule is CCCc1ccc(C(=O)N2CCOC[C@@H]2c2noc(COC)n2)cc1. The van der Waals surface area contributed by atoms with Gasteiger partial charge >= 0.3 is 0 Å². The van der Waals surface area contributed by atoms with Crippen molar-refractivity contribution in [2.45, 2.75) is 32.4 Å². The lowest BCUT2D eigenvalue weighted by molar-refractivity contribution is -0.00577. The molecule has 25 heavy (non-hydrogen) atoms. The summed E-state index contributed by atoms with van der Waals surface area (Å²) >= 11 is 0. The fraction of sp³-hybridized carbons (Fsp3) is 0.500. The monoisotopic (exact) mass is 345 g/mol. The number of hydrogen-bond acceptors (Lipinski definition) is 6. The summed E-state index contributed by atoms with van der Waals surface area (Å²) in [5.74, 6) is 0.788. The Hall–Kier alpha value is -2.25. The quantitative estimate of drug-likeness (QED) is 0.800. The lowest BCUT2D eigenvalue weighted by Gasteiger charge is -2.33. The number of methoxy groups -OCH3 is 1. The number of amides is 1. The van der Waals surface area contributed by atoms with E-state index in [0.717, 1.165) is 12.8 Å². The molecule has 7 nitrogen and oxygen atoms in total. The van der Waals surface area contributed by atoms with Crippen molar-refractivity contribution in [1.82, 2.24) is 15.0 Å². The van der Waals surface area contributed by atoms with Crippen LogP contribution in [0, 0.1) is 0 Å². The lowest BCUT2D eigenvalue weighted by Crippen LogP contribution is -2.43. The summed E-state index contributed by atoms with van der Waals surface area (Å²) in [4.78, 5) is 19.0. The molecule has 7 heteroatoms. The first-order chi connectivity index (χ1) is 12.2. The molecule has 2 aromatic rings. The fourth-order valence-corrected chi connectivity index (χ4v) is 2.91. The van der Waals surface area contributed by atoms with Crippen LogP contribution in [0.2, 0.25) is 0 Å². The predicted octanol–water partition coefficient (Wildman–Crippen LogP) is 2.38. The van der Waals surface area contributed by atoms with Gasteiger partial charge in [0.05, 0.1) is 13.2 Å². The Morgan fingerprint density at radius 2 is 2.16 bits per heavy atom. The highest BCUT2D eigenvalue weighted by molar-refractivity contribution is 5.94. The number of ether oxygens (including phenoxy) is 2. The van der Waals surface area contributed by atoms with Gasteiger partial charge in [0.25, 0.3) is 11.8 Å². The fourth-order valence-electron chi connectivity index (χ4n) is 2.91. The van der Waals surface area contributed by atoms with Crippen LogP contribution in [0.5, 0.6) is 0 Å². The largest absolute Gasteiger partial charge is 0.377 e. The van der Waals surface area contributed by atoms with E-state index in [-0.39, 0.29) is 18.6 Å². The summed E-state index contributed by atoms with van der Waals surface area (Å²) < 4.78 is 15.7. The van der Waals surface area contributed by atoms with E-state index in [1.54, 1.807) is 12.0 Å². The van der Waals surface area contributed by atoms with Crippen molar-refractivity contribution < 1.29 is 18.8 Å². The summed E-state index contributed by atoms with van der Waals surface area (Å²) in [5.41, 5.74) is 1.90. The molecular weight excluding hydrogens is 322 g/mol. The molecule has 0 aliphatic carbocycles. The molecule has 0 spiro atoms. The molecule has 1 aromatic heterocycles. The Labute approximate surface area is 146 Å². The zero-order chi connectivity index (χ0) is 17.6.